The van der Waals surface area contributed by atoms with Crippen LogP contribution >= 0.6 is 0 Å². The number of unbranched alkanes of at least 4 members (excludes halogenated alkanes) is 2. The highest BCUT2D eigenvalue weighted by Crippen LogP contribution is 2.48. The summed E-state index contributed by atoms with van der Waals surface area (Å²) in [5.74, 6) is -0.0563. The third-order valence-corrected chi connectivity index (χ3v) is 12.5. The molecule has 0 spiro atoms. The second-order valence-electron chi connectivity index (χ2n) is 16.0. The molecular formula is C46H58N6O7S2. The first-order valence-electron chi connectivity index (χ1n) is 20.4. The minimum absolute atomic E-state index is 0.0563. The second-order valence-corrected chi connectivity index (χ2v) is 18.9. The fourth-order valence-electron chi connectivity index (χ4n) is 7.44. The molecule has 15 heteroatoms. The summed E-state index contributed by atoms with van der Waals surface area (Å²) in [4.78, 5) is 21.8. The first-order chi connectivity index (χ1) is 28.9. The monoisotopic (exact) mass is 870 g/mol. The number of nitrogens with one attached hydrogen (secondary N) is 1. The van der Waals surface area contributed by atoms with Crippen LogP contribution in [-0.2, 0) is 35.9 Å². The van der Waals surface area contributed by atoms with Gasteiger partial charge in [-0.2, -0.15) is 16.8 Å². The largest absolute Gasteiger partial charge is 0.356 e. The van der Waals surface area contributed by atoms with Crippen LogP contribution in [0.5, 0.6) is 0 Å². The Balaban J connectivity index is 1.59. The van der Waals surface area contributed by atoms with Crippen LogP contribution in [0.1, 0.15) is 89.3 Å². The molecule has 0 bridgehead atoms. The standard InChI is InChI=1S/C46H58N6O7S2/c1-35-25-26-37(60(54,55)56)33-39(35)45(2,3)42(48-29-17-21-36-19-11-7-6-8-12-20-36)22-13-9-14-23-43-46(4,5)40-34-38(61(57,58)59)27-28-41(40)52(43)32-16-10-15-24-44(53)49-30-18-31-50-51-47/h6-9,11-14,19-20,22-23,25-28,33-34H,10,15-18,21,24,29-32H2,1-5H3,(H,49,53)(H,54,55,56)(H,57,58,59)/b7-6-,8-6?,11-7?,12-8-,14-9+,19-11?,20-12?,22-13+,36-19?,36-20?,43-23+,48-42?. The Bertz CT molecular complexity index is 2430. The molecule has 0 fully saturated rings. The van der Waals surface area contributed by atoms with Crippen LogP contribution in [0.25, 0.3) is 10.4 Å². The summed E-state index contributed by atoms with van der Waals surface area (Å²) in [6.45, 7) is 11.8. The summed E-state index contributed by atoms with van der Waals surface area (Å²) in [6, 6.07) is 9.23. The van der Waals surface area contributed by atoms with Gasteiger partial charge in [0.25, 0.3) is 20.2 Å². The zero-order chi connectivity index (χ0) is 44.7. The van der Waals surface area contributed by atoms with Crippen molar-refractivity contribution in [2.75, 3.05) is 31.1 Å². The fourth-order valence-corrected chi connectivity index (χ4v) is 8.46. The van der Waals surface area contributed by atoms with Crippen LogP contribution < -0.4 is 10.2 Å². The quantitative estimate of drug-likeness (QED) is 0.0209. The molecule has 1 aliphatic heterocycles. The van der Waals surface area contributed by atoms with Gasteiger partial charge in [0, 0.05) is 65.4 Å². The Morgan fingerprint density at radius 2 is 1.59 bits per heavy atom. The number of aryl methyl sites for hydroxylation is 1. The van der Waals surface area contributed by atoms with Gasteiger partial charge in [-0.05, 0) is 109 Å². The Hall–Kier alpha value is -5.31. The lowest BCUT2D eigenvalue weighted by Crippen LogP contribution is -2.29. The van der Waals surface area contributed by atoms with Gasteiger partial charge in [-0.1, -0.05) is 106 Å². The second kappa shape index (κ2) is 22.0. The van der Waals surface area contributed by atoms with E-state index in [0.717, 1.165) is 53.9 Å². The van der Waals surface area contributed by atoms with Crippen LogP contribution in [0.4, 0.5) is 5.69 Å². The van der Waals surface area contributed by atoms with E-state index in [1.807, 2.05) is 95.4 Å². The summed E-state index contributed by atoms with van der Waals surface area (Å²) >= 11 is 0. The molecule has 1 heterocycles. The van der Waals surface area contributed by atoms with E-state index in [4.69, 9.17) is 10.5 Å². The van der Waals surface area contributed by atoms with Crippen LogP contribution in [0.15, 0.2) is 140 Å². The van der Waals surface area contributed by atoms with Gasteiger partial charge in [-0.15, -0.1) is 0 Å². The molecular weight excluding hydrogens is 813 g/mol. The average Bonchev–Trinajstić information content (AvgIpc) is 3.39. The van der Waals surface area contributed by atoms with E-state index in [-0.39, 0.29) is 15.7 Å². The number of hydrogen-bond donors (Lipinski definition) is 3. The lowest BCUT2D eigenvalue weighted by atomic mass is 9.77. The molecule has 2 aromatic carbocycles. The molecule has 0 radical (unpaired) electrons. The smallest absolute Gasteiger partial charge is 0.294 e. The number of fused-ring (bicyclic) bond motifs is 1. The van der Waals surface area contributed by atoms with Gasteiger partial charge in [0.15, 0.2) is 0 Å². The van der Waals surface area contributed by atoms with E-state index >= 15 is 0 Å². The molecule has 1 amide bonds. The van der Waals surface area contributed by atoms with Crippen molar-refractivity contribution in [1.29, 1.82) is 0 Å². The summed E-state index contributed by atoms with van der Waals surface area (Å²) in [7, 11) is -8.87. The van der Waals surface area contributed by atoms with Crippen LogP contribution in [0.3, 0.4) is 0 Å². The predicted molar refractivity (Wildman–Crippen MR) is 244 cm³/mol. The van der Waals surface area contributed by atoms with Crippen molar-refractivity contribution in [3.8, 4) is 0 Å². The summed E-state index contributed by atoms with van der Waals surface area (Å²) in [5.41, 5.74) is 13.0. The first-order valence-corrected chi connectivity index (χ1v) is 23.3. The third-order valence-electron chi connectivity index (χ3n) is 10.8. The van der Waals surface area contributed by atoms with Gasteiger partial charge in [0.2, 0.25) is 5.91 Å². The molecule has 0 atom stereocenters. The number of benzene rings is 2. The summed E-state index contributed by atoms with van der Waals surface area (Å²) in [5, 5.41) is 6.32. The highest BCUT2D eigenvalue weighted by molar-refractivity contribution is 7.86. The van der Waals surface area contributed by atoms with Crippen molar-refractivity contribution in [3.63, 3.8) is 0 Å². The van der Waals surface area contributed by atoms with E-state index in [2.05, 4.69) is 32.4 Å². The molecule has 0 saturated heterocycles. The predicted octanol–water partition coefficient (Wildman–Crippen LogP) is 9.77. The molecule has 4 rings (SSSR count). The number of nitrogens with zero attached hydrogens (tertiary/aromatic N) is 5. The van der Waals surface area contributed by atoms with Crippen molar-refractivity contribution < 1.29 is 30.7 Å². The minimum Gasteiger partial charge on any atom is -0.356 e. The van der Waals surface area contributed by atoms with Gasteiger partial charge >= 0.3 is 0 Å². The number of aliphatic imine (C=N–C) groups is 1. The molecule has 0 aromatic heterocycles. The minimum atomic E-state index is -4.43. The molecule has 0 saturated carbocycles. The topological polar surface area (TPSA) is 202 Å². The Kier molecular flexibility index (Phi) is 17.4. The number of anilines is 1. The normalized spacial score (nSPS) is 17.2. The molecule has 13 nitrogen and oxygen atoms in total. The van der Waals surface area contributed by atoms with Crippen molar-refractivity contribution in [2.24, 2.45) is 10.1 Å². The number of rotatable bonds is 21. The van der Waals surface area contributed by atoms with Crippen molar-refractivity contribution in [2.45, 2.75) is 100 Å². The molecule has 2 aromatic rings. The summed E-state index contributed by atoms with van der Waals surface area (Å²) < 4.78 is 68.3. The third kappa shape index (κ3) is 13.9. The van der Waals surface area contributed by atoms with E-state index in [9.17, 15) is 30.7 Å². The van der Waals surface area contributed by atoms with E-state index in [1.54, 1.807) is 12.1 Å². The van der Waals surface area contributed by atoms with Crippen LogP contribution in [0.2, 0.25) is 0 Å². The Morgan fingerprint density at radius 3 is 2.33 bits per heavy atom. The van der Waals surface area contributed by atoms with E-state index < -0.39 is 31.1 Å². The molecule has 61 heavy (non-hydrogen) atoms. The maximum atomic E-state index is 12.3. The molecule has 0 unspecified atom stereocenters. The van der Waals surface area contributed by atoms with Crippen molar-refractivity contribution >= 4 is 37.5 Å². The Morgan fingerprint density at radius 1 is 0.885 bits per heavy atom. The lowest BCUT2D eigenvalue weighted by molar-refractivity contribution is -0.121. The maximum Gasteiger partial charge on any atom is 0.294 e. The van der Waals surface area contributed by atoms with Gasteiger partial charge < -0.3 is 10.2 Å². The number of azide groups is 1. The first kappa shape index (κ1) is 48.4. The SMILES string of the molecule is Cc1ccc(S(=O)(=O)O)cc1C(C)(C)C(/C=C/C=C/C=C1/N(CCCCCC(=O)NCCCN=[N+]=[N-])c2ccc(S(=O)(=O)O)cc2C1(C)C)=NCCCC1=C/C=C\C=C/C=C1. The zero-order valence-electron chi connectivity index (χ0n) is 35.7. The zero-order valence-corrected chi connectivity index (χ0v) is 37.3. The number of amides is 1. The average molecular weight is 871 g/mol. The number of carbonyl (C=O) groups is 1. The summed E-state index contributed by atoms with van der Waals surface area (Å²) in [6.07, 6.45) is 28.5. The highest BCUT2D eigenvalue weighted by atomic mass is 32.2. The molecule has 1 aliphatic carbocycles. The number of hydrogen-bond acceptors (Lipinski definition) is 8. The van der Waals surface area contributed by atoms with E-state index in [0.29, 0.717) is 51.0 Å². The lowest BCUT2D eigenvalue weighted by Gasteiger charge is -2.28. The maximum absolute atomic E-state index is 12.3. The number of carbonyl (C=O) groups excluding carboxylic acids is 1. The molecule has 3 N–H and O–H groups in total. The van der Waals surface area contributed by atoms with E-state index in [1.165, 1.54) is 29.8 Å². The van der Waals surface area contributed by atoms with Gasteiger partial charge in [0.05, 0.1) is 9.79 Å². The van der Waals surface area contributed by atoms with Crippen LogP contribution in [-0.4, -0.2) is 63.7 Å². The van der Waals surface area contributed by atoms with Crippen LogP contribution in [0, 0.1) is 6.92 Å². The molecule has 326 valence electrons. The Labute approximate surface area is 361 Å². The molecule has 2 aliphatic rings. The van der Waals surface area contributed by atoms with Crippen molar-refractivity contribution in [1.82, 2.24) is 5.32 Å². The highest BCUT2D eigenvalue weighted by Gasteiger charge is 2.40. The van der Waals surface area contributed by atoms with Gasteiger partial charge in [0.1, 0.15) is 0 Å². The fraction of sp³-hybridized carbons (Fsp3) is 0.391. The van der Waals surface area contributed by atoms with Crippen molar-refractivity contribution in [3.05, 3.63) is 148 Å². The van der Waals surface area contributed by atoms with Gasteiger partial charge in [-0.3, -0.25) is 18.9 Å². The van der Waals surface area contributed by atoms with Gasteiger partial charge in [-0.25, -0.2) is 0 Å². The number of allylic oxidation sites excluding steroid dienone is 14.